The molecule has 1 saturated heterocycles. The predicted octanol–water partition coefficient (Wildman–Crippen LogP) is 3.05. The summed E-state index contributed by atoms with van der Waals surface area (Å²) >= 11 is 1.75. The van der Waals surface area contributed by atoms with E-state index in [1.165, 1.54) is 4.88 Å². The van der Waals surface area contributed by atoms with Crippen LogP contribution in [0.3, 0.4) is 0 Å². The molecule has 3 rings (SSSR count). The summed E-state index contributed by atoms with van der Waals surface area (Å²) in [5.41, 5.74) is 0.824. The van der Waals surface area contributed by atoms with Gasteiger partial charge in [-0.3, -0.25) is 9.69 Å². The van der Waals surface area contributed by atoms with Crippen LogP contribution in [0.4, 0.5) is 5.69 Å². The summed E-state index contributed by atoms with van der Waals surface area (Å²) in [4.78, 5) is 18.6. The molecule has 154 valence electrons. The Morgan fingerprint density at radius 2 is 2.03 bits per heavy atom. The van der Waals surface area contributed by atoms with Crippen LogP contribution < -0.4 is 10.2 Å². The van der Waals surface area contributed by atoms with Crippen LogP contribution in [-0.4, -0.2) is 56.2 Å². The Kier molecular flexibility index (Phi) is 8.20. The second kappa shape index (κ2) is 11.1. The molecule has 6 nitrogen and oxygen atoms in total. The van der Waals surface area contributed by atoms with Crippen molar-refractivity contribution in [1.29, 1.82) is 5.26 Å². The molecule has 0 spiro atoms. The van der Waals surface area contributed by atoms with Crippen LogP contribution in [0, 0.1) is 11.3 Å². The van der Waals surface area contributed by atoms with E-state index in [1.54, 1.807) is 16.2 Å². The van der Waals surface area contributed by atoms with Crippen molar-refractivity contribution in [3.05, 3.63) is 52.7 Å². The molecule has 2 unspecified atom stereocenters. The SMILES string of the molecule is CC(NCC(c1cccs1)N1CCOCC1)C(=O)N(CCC#N)c1ccccc1. The van der Waals surface area contributed by atoms with Crippen molar-refractivity contribution < 1.29 is 9.53 Å². The zero-order valence-corrected chi connectivity index (χ0v) is 17.6. The molecule has 0 aliphatic carbocycles. The summed E-state index contributed by atoms with van der Waals surface area (Å²) in [7, 11) is 0. The number of carbonyl (C=O) groups is 1. The standard InChI is InChI=1S/C22H28N4O2S/c1-18(22(27)26(11-6-10-23)19-7-3-2-4-8-19)24-17-20(21-9-5-16-29-21)25-12-14-28-15-13-25/h2-5,7-9,16,18,20,24H,6,11-15,17H2,1H3. The van der Waals surface area contributed by atoms with Gasteiger partial charge in [-0.25, -0.2) is 0 Å². The van der Waals surface area contributed by atoms with E-state index in [0.717, 1.165) is 32.0 Å². The molecule has 1 fully saturated rings. The number of nitrogens with one attached hydrogen (secondary N) is 1. The van der Waals surface area contributed by atoms with Crippen LogP contribution in [0.1, 0.15) is 24.3 Å². The van der Waals surface area contributed by atoms with Crippen LogP contribution in [0.15, 0.2) is 47.8 Å². The number of anilines is 1. The summed E-state index contributed by atoms with van der Waals surface area (Å²) < 4.78 is 5.50. The second-order valence-corrected chi connectivity index (χ2v) is 8.02. The Labute approximate surface area is 176 Å². The summed E-state index contributed by atoms with van der Waals surface area (Å²) in [5.74, 6) is -0.0154. The first-order valence-corrected chi connectivity index (χ1v) is 10.9. The number of hydrogen-bond donors (Lipinski definition) is 1. The lowest BCUT2D eigenvalue weighted by atomic mass is 10.1. The van der Waals surface area contributed by atoms with Gasteiger partial charge in [-0.15, -0.1) is 11.3 Å². The number of thiophene rings is 1. The lowest BCUT2D eigenvalue weighted by Gasteiger charge is -2.35. The maximum absolute atomic E-state index is 13.1. The summed E-state index contributed by atoms with van der Waals surface area (Å²) in [6.45, 7) is 6.25. The highest BCUT2D eigenvalue weighted by molar-refractivity contribution is 7.10. The normalized spacial score (nSPS) is 16.7. The van der Waals surface area contributed by atoms with E-state index < -0.39 is 0 Å². The van der Waals surface area contributed by atoms with Gasteiger partial charge in [-0.2, -0.15) is 5.26 Å². The van der Waals surface area contributed by atoms with Crippen molar-refractivity contribution in [1.82, 2.24) is 10.2 Å². The van der Waals surface area contributed by atoms with Gasteiger partial charge in [0.2, 0.25) is 5.91 Å². The van der Waals surface area contributed by atoms with E-state index in [-0.39, 0.29) is 18.0 Å². The highest BCUT2D eigenvalue weighted by Crippen LogP contribution is 2.25. The third-order valence-corrected chi connectivity index (χ3v) is 6.10. The monoisotopic (exact) mass is 412 g/mol. The lowest BCUT2D eigenvalue weighted by molar-refractivity contribution is -0.120. The first-order valence-electron chi connectivity index (χ1n) is 10.0. The molecule has 1 amide bonds. The van der Waals surface area contributed by atoms with Gasteiger partial charge in [0.1, 0.15) is 0 Å². The Morgan fingerprint density at radius 1 is 1.28 bits per heavy atom. The summed E-state index contributed by atoms with van der Waals surface area (Å²) in [5, 5.41) is 14.5. The van der Waals surface area contributed by atoms with E-state index in [1.807, 2.05) is 37.3 Å². The molecule has 29 heavy (non-hydrogen) atoms. The largest absolute Gasteiger partial charge is 0.379 e. The van der Waals surface area contributed by atoms with Crippen molar-refractivity contribution in [2.75, 3.05) is 44.3 Å². The van der Waals surface area contributed by atoms with Crippen LogP contribution >= 0.6 is 11.3 Å². The number of hydrogen-bond acceptors (Lipinski definition) is 6. The molecular formula is C22H28N4O2S. The van der Waals surface area contributed by atoms with Crippen molar-refractivity contribution in [3.63, 3.8) is 0 Å². The van der Waals surface area contributed by atoms with Crippen molar-refractivity contribution in [2.45, 2.75) is 25.4 Å². The first kappa shape index (κ1) is 21.5. The molecule has 1 aromatic heterocycles. The number of nitrogens with zero attached hydrogens (tertiary/aromatic N) is 3. The van der Waals surface area contributed by atoms with Crippen molar-refractivity contribution >= 4 is 22.9 Å². The molecule has 0 radical (unpaired) electrons. The lowest BCUT2D eigenvalue weighted by Crippen LogP contribution is -2.49. The van der Waals surface area contributed by atoms with Crippen LogP contribution in [0.25, 0.3) is 0 Å². The van der Waals surface area contributed by atoms with Gasteiger partial charge in [0.15, 0.2) is 0 Å². The Hall–Kier alpha value is -2.24. The molecule has 2 aromatic rings. The third-order valence-electron chi connectivity index (χ3n) is 5.13. The fourth-order valence-corrected chi connectivity index (χ4v) is 4.39. The van der Waals surface area contributed by atoms with E-state index in [2.05, 4.69) is 33.8 Å². The topological polar surface area (TPSA) is 68.6 Å². The summed E-state index contributed by atoms with van der Waals surface area (Å²) in [6, 6.07) is 15.8. The number of ether oxygens (including phenoxy) is 1. The quantitative estimate of drug-likeness (QED) is 0.686. The maximum atomic E-state index is 13.1. The minimum absolute atomic E-state index is 0.0154. The molecule has 1 aromatic carbocycles. The molecule has 0 saturated carbocycles. The van der Waals surface area contributed by atoms with Gasteiger partial charge < -0.3 is 15.0 Å². The van der Waals surface area contributed by atoms with E-state index in [0.29, 0.717) is 19.5 Å². The average Bonchev–Trinajstić information content (AvgIpc) is 3.30. The number of amides is 1. The fraction of sp³-hybridized carbons (Fsp3) is 0.455. The zero-order valence-electron chi connectivity index (χ0n) is 16.8. The van der Waals surface area contributed by atoms with E-state index in [9.17, 15) is 4.79 Å². The van der Waals surface area contributed by atoms with E-state index in [4.69, 9.17) is 10.00 Å². The Balaban J connectivity index is 1.67. The van der Waals surface area contributed by atoms with Gasteiger partial charge in [-0.1, -0.05) is 24.3 Å². The maximum Gasteiger partial charge on any atom is 0.243 e. The minimum Gasteiger partial charge on any atom is -0.379 e. The first-order chi connectivity index (χ1) is 14.2. The highest BCUT2D eigenvalue weighted by atomic mass is 32.1. The summed E-state index contributed by atoms with van der Waals surface area (Å²) in [6.07, 6.45) is 0.305. The highest BCUT2D eigenvalue weighted by Gasteiger charge is 2.26. The number of carbonyl (C=O) groups excluding carboxylic acids is 1. The smallest absolute Gasteiger partial charge is 0.243 e. The number of para-hydroxylation sites is 1. The number of rotatable bonds is 9. The minimum atomic E-state index is -0.350. The number of nitriles is 1. The third kappa shape index (κ3) is 5.87. The number of benzene rings is 1. The molecule has 1 aliphatic rings. The Bertz CT molecular complexity index is 785. The fourth-order valence-electron chi connectivity index (χ4n) is 3.53. The molecule has 2 atom stereocenters. The average molecular weight is 413 g/mol. The van der Waals surface area contributed by atoms with Crippen LogP contribution in [0.2, 0.25) is 0 Å². The number of morpholine rings is 1. The molecule has 1 aliphatic heterocycles. The second-order valence-electron chi connectivity index (χ2n) is 7.04. The van der Waals surface area contributed by atoms with Crippen LogP contribution in [0.5, 0.6) is 0 Å². The van der Waals surface area contributed by atoms with Gasteiger partial charge in [0.25, 0.3) is 0 Å². The predicted molar refractivity (Wildman–Crippen MR) is 116 cm³/mol. The molecule has 2 heterocycles. The van der Waals surface area contributed by atoms with Gasteiger partial charge in [-0.05, 0) is 30.5 Å². The molecule has 0 bridgehead atoms. The molecular weight excluding hydrogens is 384 g/mol. The van der Waals surface area contributed by atoms with Gasteiger partial charge in [0, 0.05) is 36.7 Å². The van der Waals surface area contributed by atoms with Crippen LogP contribution in [-0.2, 0) is 9.53 Å². The van der Waals surface area contributed by atoms with Crippen molar-refractivity contribution in [2.24, 2.45) is 0 Å². The van der Waals surface area contributed by atoms with E-state index >= 15 is 0 Å². The van der Waals surface area contributed by atoms with Crippen molar-refractivity contribution in [3.8, 4) is 6.07 Å². The molecule has 1 N–H and O–H groups in total. The van der Waals surface area contributed by atoms with Gasteiger partial charge >= 0.3 is 0 Å². The molecule has 7 heteroatoms. The Morgan fingerprint density at radius 3 is 2.69 bits per heavy atom. The van der Waals surface area contributed by atoms with Gasteiger partial charge in [0.05, 0.1) is 37.8 Å². The zero-order chi connectivity index (χ0) is 20.5.